The van der Waals surface area contributed by atoms with Crippen molar-refractivity contribution in [2.75, 3.05) is 5.32 Å². The number of fused-ring (bicyclic) bond motifs is 1. The molecular weight excluding hydrogens is 268 g/mol. The van der Waals surface area contributed by atoms with Crippen LogP contribution in [0.5, 0.6) is 0 Å². The van der Waals surface area contributed by atoms with Gasteiger partial charge in [0.05, 0.1) is 0 Å². The smallest absolute Gasteiger partial charge is 0.199 e. The molecule has 1 heterocycles. The van der Waals surface area contributed by atoms with Gasteiger partial charge < -0.3 is 5.32 Å². The fraction of sp³-hybridized carbons (Fsp3) is 0. The van der Waals surface area contributed by atoms with Crippen molar-refractivity contribution >= 4 is 54.5 Å². The summed E-state index contributed by atoms with van der Waals surface area (Å²) in [5.74, 6) is 0. The molecule has 0 amide bonds. The summed E-state index contributed by atoms with van der Waals surface area (Å²) in [5.41, 5.74) is 1.04. The Morgan fingerprint density at radius 3 is 2.59 bits per heavy atom. The predicted molar refractivity (Wildman–Crippen MR) is 78.1 cm³/mol. The lowest BCUT2D eigenvalue weighted by Crippen LogP contribution is -1.88. The molecule has 0 fully saturated rings. The van der Waals surface area contributed by atoms with Gasteiger partial charge in [-0.2, -0.15) is 4.98 Å². The second-order valence-corrected chi connectivity index (χ2v) is 6.29. The fourth-order valence-corrected chi connectivity index (χ4v) is 3.51. The SMILES string of the molecule is S=c1nc(Nc2ccc3ccccc3c2)ss1. The van der Waals surface area contributed by atoms with E-state index in [1.165, 1.54) is 21.1 Å². The molecule has 0 aliphatic carbocycles. The van der Waals surface area contributed by atoms with E-state index in [0.29, 0.717) is 3.95 Å². The number of rotatable bonds is 2. The highest BCUT2D eigenvalue weighted by Gasteiger charge is 2.00. The van der Waals surface area contributed by atoms with Crippen molar-refractivity contribution < 1.29 is 0 Å². The Morgan fingerprint density at radius 2 is 1.82 bits per heavy atom. The number of nitrogens with zero attached hydrogens (tertiary/aromatic N) is 1. The van der Waals surface area contributed by atoms with Gasteiger partial charge >= 0.3 is 0 Å². The number of benzene rings is 2. The van der Waals surface area contributed by atoms with Crippen LogP contribution < -0.4 is 5.32 Å². The molecule has 0 aliphatic heterocycles. The quantitative estimate of drug-likeness (QED) is 0.536. The van der Waals surface area contributed by atoms with E-state index >= 15 is 0 Å². The molecule has 0 saturated carbocycles. The van der Waals surface area contributed by atoms with E-state index in [1.807, 2.05) is 12.1 Å². The van der Waals surface area contributed by atoms with E-state index in [9.17, 15) is 0 Å². The van der Waals surface area contributed by atoms with Gasteiger partial charge in [0.15, 0.2) is 9.09 Å². The first kappa shape index (κ1) is 10.8. The Kier molecular flexibility index (Phi) is 2.88. The Balaban J connectivity index is 1.98. The molecule has 1 N–H and O–H groups in total. The third-order valence-electron chi connectivity index (χ3n) is 2.39. The summed E-state index contributed by atoms with van der Waals surface area (Å²) >= 11 is 5.00. The summed E-state index contributed by atoms with van der Waals surface area (Å²) in [4.78, 5) is 4.23. The van der Waals surface area contributed by atoms with E-state index in [2.05, 4.69) is 40.6 Å². The third kappa shape index (κ3) is 2.36. The summed E-state index contributed by atoms with van der Waals surface area (Å²) in [6.45, 7) is 0. The molecule has 2 aromatic carbocycles. The monoisotopic (exact) mass is 276 g/mol. The standard InChI is InChI=1S/C12H8N2S3/c15-12-14-11(16-17-12)13-10-6-5-8-3-1-2-4-9(8)7-10/h1-7H,(H,13,14,15). The zero-order valence-corrected chi connectivity index (χ0v) is 11.2. The van der Waals surface area contributed by atoms with Gasteiger partial charge in [0.25, 0.3) is 0 Å². The molecule has 2 nitrogen and oxygen atoms in total. The summed E-state index contributed by atoms with van der Waals surface area (Å²) in [6.07, 6.45) is 0. The highest BCUT2D eigenvalue weighted by Crippen LogP contribution is 2.25. The van der Waals surface area contributed by atoms with Gasteiger partial charge in [-0.1, -0.05) is 30.3 Å². The first-order valence-electron chi connectivity index (χ1n) is 5.04. The topological polar surface area (TPSA) is 24.9 Å². The molecule has 0 radical (unpaired) electrons. The van der Waals surface area contributed by atoms with Gasteiger partial charge in [-0.05, 0) is 55.8 Å². The van der Waals surface area contributed by atoms with E-state index in [1.54, 1.807) is 10.3 Å². The fourth-order valence-electron chi connectivity index (χ4n) is 1.63. The molecule has 3 rings (SSSR count). The highest BCUT2D eigenvalue weighted by molar-refractivity contribution is 7.79. The number of hydrogen-bond donors (Lipinski definition) is 1. The average Bonchev–Trinajstić information content (AvgIpc) is 2.75. The molecule has 0 aliphatic rings. The summed E-state index contributed by atoms with van der Waals surface area (Å²) in [6, 6.07) is 14.6. The van der Waals surface area contributed by atoms with Crippen molar-refractivity contribution in [2.45, 2.75) is 0 Å². The maximum atomic E-state index is 5.00. The van der Waals surface area contributed by atoms with Crippen molar-refractivity contribution in [3.05, 3.63) is 46.4 Å². The first-order valence-corrected chi connectivity index (χ1v) is 7.60. The number of nitrogens with one attached hydrogen (secondary N) is 1. The summed E-state index contributed by atoms with van der Waals surface area (Å²) in [5, 5.41) is 6.58. The number of anilines is 2. The summed E-state index contributed by atoms with van der Waals surface area (Å²) < 4.78 is 0.679. The second kappa shape index (κ2) is 4.52. The molecule has 0 atom stereocenters. The highest BCUT2D eigenvalue weighted by atomic mass is 32.9. The van der Waals surface area contributed by atoms with Gasteiger partial charge in [-0.15, -0.1) is 0 Å². The van der Waals surface area contributed by atoms with Crippen LogP contribution in [0.15, 0.2) is 42.5 Å². The van der Waals surface area contributed by atoms with E-state index in [4.69, 9.17) is 12.2 Å². The van der Waals surface area contributed by atoms with Crippen molar-refractivity contribution in [3.8, 4) is 0 Å². The number of aromatic nitrogens is 1. The van der Waals surface area contributed by atoms with Crippen molar-refractivity contribution in [3.63, 3.8) is 0 Å². The van der Waals surface area contributed by atoms with Crippen LogP contribution in [0.2, 0.25) is 0 Å². The van der Waals surface area contributed by atoms with Gasteiger partial charge in [-0.3, -0.25) is 0 Å². The molecule has 0 bridgehead atoms. The van der Waals surface area contributed by atoms with E-state index in [0.717, 1.165) is 10.8 Å². The minimum Gasteiger partial charge on any atom is -0.331 e. The lowest BCUT2D eigenvalue weighted by atomic mass is 10.1. The molecule has 0 saturated heterocycles. The average molecular weight is 276 g/mol. The van der Waals surface area contributed by atoms with Gasteiger partial charge in [0.1, 0.15) is 0 Å². The Morgan fingerprint density at radius 1 is 1.00 bits per heavy atom. The minimum absolute atomic E-state index is 0.679. The molecule has 3 aromatic rings. The zero-order chi connectivity index (χ0) is 11.7. The second-order valence-electron chi connectivity index (χ2n) is 3.54. The van der Waals surface area contributed by atoms with Crippen LogP contribution in [0.4, 0.5) is 10.8 Å². The zero-order valence-electron chi connectivity index (χ0n) is 8.71. The molecular formula is C12H8N2S3. The molecule has 84 valence electrons. The molecule has 1 aromatic heterocycles. The van der Waals surface area contributed by atoms with Crippen molar-refractivity contribution in [2.24, 2.45) is 0 Å². The summed E-state index contributed by atoms with van der Waals surface area (Å²) in [7, 11) is 3.08. The van der Waals surface area contributed by atoms with Crippen LogP contribution in [0.25, 0.3) is 10.8 Å². The van der Waals surface area contributed by atoms with Crippen LogP contribution in [-0.4, -0.2) is 4.98 Å². The number of hydrogen-bond acceptors (Lipinski definition) is 5. The van der Waals surface area contributed by atoms with Crippen molar-refractivity contribution in [1.82, 2.24) is 4.98 Å². The molecule has 5 heteroatoms. The molecule has 0 spiro atoms. The lowest BCUT2D eigenvalue weighted by Gasteiger charge is -2.03. The van der Waals surface area contributed by atoms with E-state index < -0.39 is 0 Å². The van der Waals surface area contributed by atoms with Crippen LogP contribution in [0, 0.1) is 3.95 Å². The third-order valence-corrected chi connectivity index (χ3v) is 4.91. The van der Waals surface area contributed by atoms with Gasteiger partial charge in [-0.25, -0.2) is 0 Å². The maximum absolute atomic E-state index is 5.00. The molecule has 0 unspecified atom stereocenters. The largest absolute Gasteiger partial charge is 0.331 e. The van der Waals surface area contributed by atoms with Crippen LogP contribution in [-0.2, 0) is 0 Å². The Bertz CT molecular complexity index is 715. The Hall–Kier alpha value is -1.30. The maximum Gasteiger partial charge on any atom is 0.199 e. The first-order chi connectivity index (χ1) is 8.31. The van der Waals surface area contributed by atoms with Gasteiger partial charge in [0, 0.05) is 5.69 Å². The van der Waals surface area contributed by atoms with Crippen LogP contribution in [0.3, 0.4) is 0 Å². The lowest BCUT2D eigenvalue weighted by molar-refractivity contribution is 1.39. The Labute approximate surface area is 111 Å². The van der Waals surface area contributed by atoms with Crippen LogP contribution in [0.1, 0.15) is 0 Å². The minimum atomic E-state index is 0.679. The van der Waals surface area contributed by atoms with E-state index in [-0.39, 0.29) is 0 Å². The predicted octanol–water partition coefficient (Wildman–Crippen LogP) is 4.83. The normalized spacial score (nSPS) is 10.6. The van der Waals surface area contributed by atoms with Gasteiger partial charge in [0.2, 0.25) is 0 Å². The molecule has 17 heavy (non-hydrogen) atoms. The van der Waals surface area contributed by atoms with Crippen molar-refractivity contribution in [1.29, 1.82) is 0 Å². The van der Waals surface area contributed by atoms with Crippen LogP contribution >= 0.6 is 32.9 Å².